The predicted octanol–water partition coefficient (Wildman–Crippen LogP) is 3.43. The van der Waals surface area contributed by atoms with Crippen molar-refractivity contribution >= 4 is 17.5 Å². The normalized spacial score (nSPS) is 17.7. The highest BCUT2D eigenvalue weighted by molar-refractivity contribution is 5.98. The average Bonchev–Trinajstić information content (AvgIpc) is 2.76. The van der Waals surface area contributed by atoms with E-state index < -0.39 is 6.04 Å². The van der Waals surface area contributed by atoms with Gasteiger partial charge in [-0.05, 0) is 47.6 Å². The Morgan fingerprint density at radius 2 is 1.76 bits per heavy atom. The second-order valence-corrected chi connectivity index (χ2v) is 7.82. The summed E-state index contributed by atoms with van der Waals surface area (Å²) in [7, 11) is 0. The Bertz CT molecular complexity index is 847. The smallest absolute Gasteiger partial charge is 0.247 e. The van der Waals surface area contributed by atoms with Gasteiger partial charge in [-0.15, -0.1) is 0 Å². The molecule has 0 fully saturated rings. The number of benzene rings is 2. The maximum atomic E-state index is 12.9. The molecule has 1 heterocycles. The number of hydrogen-bond donors (Lipinski definition) is 3. The number of aryl methyl sites for hydroxylation is 1. The van der Waals surface area contributed by atoms with E-state index in [2.05, 4.69) is 35.0 Å². The van der Waals surface area contributed by atoms with Crippen LogP contribution < -0.4 is 16.0 Å². The van der Waals surface area contributed by atoms with Crippen molar-refractivity contribution in [3.05, 3.63) is 65.2 Å². The minimum atomic E-state index is -0.572. The molecule has 1 aliphatic heterocycles. The van der Waals surface area contributed by atoms with Gasteiger partial charge in [0.25, 0.3) is 0 Å². The highest BCUT2D eigenvalue weighted by Gasteiger charge is 2.30. The zero-order valence-corrected chi connectivity index (χ0v) is 17.5. The predicted molar refractivity (Wildman–Crippen MR) is 117 cm³/mol. The Labute approximate surface area is 173 Å². The zero-order chi connectivity index (χ0) is 20.8. The van der Waals surface area contributed by atoms with Crippen molar-refractivity contribution in [2.75, 3.05) is 5.32 Å². The van der Waals surface area contributed by atoms with Gasteiger partial charge in [0.1, 0.15) is 6.04 Å². The van der Waals surface area contributed by atoms with E-state index in [0.29, 0.717) is 13.0 Å². The van der Waals surface area contributed by atoms with E-state index >= 15 is 0 Å². The lowest BCUT2D eigenvalue weighted by Gasteiger charge is -2.29. The van der Waals surface area contributed by atoms with Crippen LogP contribution in [0.2, 0.25) is 0 Å². The highest BCUT2D eigenvalue weighted by Crippen LogP contribution is 2.18. The first-order valence-corrected chi connectivity index (χ1v) is 10.5. The van der Waals surface area contributed by atoms with E-state index in [1.54, 1.807) is 0 Å². The molecule has 1 aliphatic rings. The number of amides is 2. The topological polar surface area (TPSA) is 70.2 Å². The summed E-state index contributed by atoms with van der Waals surface area (Å²) in [5, 5.41) is 9.25. The summed E-state index contributed by atoms with van der Waals surface area (Å²) in [5.41, 5.74) is 4.38. The standard InChI is InChI=1S/C24H31N3O2/c1-4-16(3)22(24(29)26-20-12-10-17(5-2)11-13-20)27-23(28)21-14-18-8-6-7-9-19(18)15-25-21/h6-13,16,21-22,25H,4-5,14-15H2,1-3H3,(H,26,29)(H,27,28)/t16-,21+,22-/m1/s1. The molecule has 3 atom stereocenters. The molecule has 0 bridgehead atoms. The van der Waals surface area contributed by atoms with Crippen LogP contribution in [0.25, 0.3) is 0 Å². The van der Waals surface area contributed by atoms with Gasteiger partial charge in [0.2, 0.25) is 11.8 Å². The fourth-order valence-electron chi connectivity index (χ4n) is 3.64. The van der Waals surface area contributed by atoms with Crippen molar-refractivity contribution in [3.8, 4) is 0 Å². The molecule has 0 spiro atoms. The van der Waals surface area contributed by atoms with Crippen LogP contribution in [0.15, 0.2) is 48.5 Å². The molecule has 29 heavy (non-hydrogen) atoms. The number of nitrogens with one attached hydrogen (secondary N) is 3. The number of rotatable bonds is 7. The first kappa shape index (κ1) is 21.1. The van der Waals surface area contributed by atoms with E-state index in [-0.39, 0.29) is 23.8 Å². The van der Waals surface area contributed by atoms with Gasteiger partial charge in [-0.2, -0.15) is 0 Å². The molecule has 0 aliphatic carbocycles. The summed E-state index contributed by atoms with van der Waals surface area (Å²) in [6.45, 7) is 6.79. The quantitative estimate of drug-likeness (QED) is 0.675. The molecule has 0 saturated carbocycles. The van der Waals surface area contributed by atoms with Crippen LogP contribution in [-0.2, 0) is 29.0 Å². The van der Waals surface area contributed by atoms with Gasteiger partial charge in [0.05, 0.1) is 6.04 Å². The highest BCUT2D eigenvalue weighted by atomic mass is 16.2. The number of fused-ring (bicyclic) bond motifs is 1. The molecule has 154 valence electrons. The molecule has 2 aromatic carbocycles. The molecule has 2 amide bonds. The van der Waals surface area contributed by atoms with Crippen LogP contribution in [0.3, 0.4) is 0 Å². The second-order valence-electron chi connectivity index (χ2n) is 7.82. The summed E-state index contributed by atoms with van der Waals surface area (Å²) in [5.74, 6) is -0.265. The molecule has 3 rings (SSSR count). The summed E-state index contributed by atoms with van der Waals surface area (Å²) < 4.78 is 0. The first-order valence-electron chi connectivity index (χ1n) is 10.5. The molecule has 0 saturated heterocycles. The average molecular weight is 394 g/mol. The molecule has 5 nitrogen and oxygen atoms in total. The zero-order valence-electron chi connectivity index (χ0n) is 17.5. The molecule has 0 radical (unpaired) electrons. The Balaban J connectivity index is 1.66. The monoisotopic (exact) mass is 393 g/mol. The van der Waals surface area contributed by atoms with Gasteiger partial charge in [0, 0.05) is 12.2 Å². The number of carbonyl (C=O) groups is 2. The molecule has 0 aromatic heterocycles. The summed E-state index contributed by atoms with van der Waals surface area (Å²) >= 11 is 0. The van der Waals surface area contributed by atoms with E-state index in [1.165, 1.54) is 16.7 Å². The Morgan fingerprint density at radius 3 is 2.41 bits per heavy atom. The van der Waals surface area contributed by atoms with Gasteiger partial charge in [0.15, 0.2) is 0 Å². The molecule has 0 unspecified atom stereocenters. The van der Waals surface area contributed by atoms with Gasteiger partial charge in [-0.25, -0.2) is 0 Å². The van der Waals surface area contributed by atoms with Gasteiger partial charge in [-0.3, -0.25) is 9.59 Å². The fourth-order valence-corrected chi connectivity index (χ4v) is 3.64. The summed E-state index contributed by atoms with van der Waals surface area (Å²) in [4.78, 5) is 25.9. The molecular formula is C24H31N3O2. The van der Waals surface area contributed by atoms with Crippen molar-refractivity contribution < 1.29 is 9.59 Å². The lowest BCUT2D eigenvalue weighted by molar-refractivity contribution is -0.129. The van der Waals surface area contributed by atoms with Crippen LogP contribution in [0.1, 0.15) is 43.9 Å². The van der Waals surface area contributed by atoms with Crippen molar-refractivity contribution in [1.82, 2.24) is 10.6 Å². The van der Waals surface area contributed by atoms with Crippen molar-refractivity contribution in [3.63, 3.8) is 0 Å². The van der Waals surface area contributed by atoms with Crippen molar-refractivity contribution in [2.24, 2.45) is 5.92 Å². The van der Waals surface area contributed by atoms with E-state index in [0.717, 1.165) is 18.5 Å². The number of hydrogen-bond acceptors (Lipinski definition) is 3. The lowest BCUT2D eigenvalue weighted by Crippen LogP contribution is -2.55. The SMILES string of the molecule is CCc1ccc(NC(=O)[C@H](NC(=O)[C@@H]2Cc3ccccc3CN2)[C@H](C)CC)cc1. The summed E-state index contributed by atoms with van der Waals surface area (Å²) in [6.07, 6.45) is 2.39. The number of carbonyl (C=O) groups excluding carboxylic acids is 2. The third-order valence-electron chi connectivity index (χ3n) is 5.82. The van der Waals surface area contributed by atoms with Gasteiger partial charge < -0.3 is 16.0 Å². The Hall–Kier alpha value is -2.66. The third-order valence-corrected chi connectivity index (χ3v) is 5.82. The van der Waals surface area contributed by atoms with Crippen LogP contribution >= 0.6 is 0 Å². The fraction of sp³-hybridized carbons (Fsp3) is 0.417. The van der Waals surface area contributed by atoms with Crippen LogP contribution in [0, 0.1) is 5.92 Å². The first-order chi connectivity index (χ1) is 14.0. The second kappa shape index (κ2) is 9.70. The maximum Gasteiger partial charge on any atom is 0.247 e. The summed E-state index contributed by atoms with van der Waals surface area (Å²) in [6, 6.07) is 15.1. The van der Waals surface area contributed by atoms with Crippen LogP contribution in [0.4, 0.5) is 5.69 Å². The largest absolute Gasteiger partial charge is 0.343 e. The van der Waals surface area contributed by atoms with E-state index in [4.69, 9.17) is 0 Å². The van der Waals surface area contributed by atoms with E-state index in [9.17, 15) is 9.59 Å². The van der Waals surface area contributed by atoms with Crippen molar-refractivity contribution in [2.45, 2.75) is 58.7 Å². The van der Waals surface area contributed by atoms with Crippen LogP contribution in [0.5, 0.6) is 0 Å². The minimum absolute atomic E-state index is 0.0322. The van der Waals surface area contributed by atoms with Crippen LogP contribution in [-0.4, -0.2) is 23.9 Å². The van der Waals surface area contributed by atoms with Crippen molar-refractivity contribution in [1.29, 1.82) is 0 Å². The lowest BCUT2D eigenvalue weighted by atomic mass is 9.94. The molecule has 3 N–H and O–H groups in total. The Kier molecular flexibility index (Phi) is 7.04. The number of anilines is 1. The van der Waals surface area contributed by atoms with E-state index in [1.807, 2.05) is 50.2 Å². The molecular weight excluding hydrogens is 362 g/mol. The van der Waals surface area contributed by atoms with Gasteiger partial charge in [-0.1, -0.05) is 63.6 Å². The maximum absolute atomic E-state index is 12.9. The van der Waals surface area contributed by atoms with Gasteiger partial charge >= 0.3 is 0 Å². The third kappa shape index (κ3) is 5.24. The minimum Gasteiger partial charge on any atom is -0.343 e. The molecule has 2 aromatic rings. The Morgan fingerprint density at radius 1 is 1.07 bits per heavy atom. The molecule has 5 heteroatoms.